The molecule has 22 heavy (non-hydrogen) atoms. The summed E-state index contributed by atoms with van der Waals surface area (Å²) < 4.78 is 1.16. The third-order valence-corrected chi connectivity index (χ3v) is 6.60. The van der Waals surface area contributed by atoms with Gasteiger partial charge in [0.1, 0.15) is 0 Å². The van der Waals surface area contributed by atoms with Gasteiger partial charge in [-0.25, -0.2) is 0 Å². The number of piperidine rings is 1. The van der Waals surface area contributed by atoms with Crippen molar-refractivity contribution >= 4 is 33.2 Å². The maximum atomic E-state index is 12.7. The van der Waals surface area contributed by atoms with Gasteiger partial charge in [-0.1, -0.05) is 12.8 Å². The van der Waals surface area contributed by atoms with Crippen molar-refractivity contribution in [2.24, 2.45) is 5.92 Å². The fourth-order valence-electron chi connectivity index (χ4n) is 4.05. The summed E-state index contributed by atoms with van der Waals surface area (Å²) in [6, 6.07) is 2.67. The summed E-state index contributed by atoms with van der Waals surface area (Å²) >= 11 is 5.20. The number of fused-ring (bicyclic) bond motifs is 1. The third-order valence-electron chi connectivity index (χ3n) is 5.04. The number of carbonyl (C=O) groups excluding carboxylic acids is 1. The van der Waals surface area contributed by atoms with Crippen molar-refractivity contribution in [2.45, 2.75) is 51.1 Å². The minimum atomic E-state index is 0.327. The Hall–Kier alpha value is -0.390. The summed E-state index contributed by atoms with van der Waals surface area (Å²) in [7, 11) is 2.05. The van der Waals surface area contributed by atoms with Crippen LogP contribution in [-0.4, -0.2) is 41.9 Å². The molecule has 3 nitrogen and oxygen atoms in total. The number of likely N-dealkylation sites (tertiary alicyclic amines) is 1. The number of halogens is 1. The van der Waals surface area contributed by atoms with E-state index in [1.54, 1.807) is 11.3 Å². The Kier molecular flexibility index (Phi) is 5.58. The van der Waals surface area contributed by atoms with Crippen LogP contribution in [0.4, 0.5) is 0 Å². The highest BCUT2D eigenvalue weighted by atomic mass is 79.9. The molecule has 2 atom stereocenters. The molecule has 5 heteroatoms. The molecule has 1 aliphatic heterocycles. The topological polar surface area (TPSA) is 23.6 Å². The average molecular weight is 385 g/mol. The Morgan fingerprint density at radius 2 is 2.14 bits per heavy atom. The van der Waals surface area contributed by atoms with E-state index in [9.17, 15) is 4.79 Å². The molecule has 3 rings (SSSR count). The monoisotopic (exact) mass is 384 g/mol. The third kappa shape index (κ3) is 3.92. The van der Waals surface area contributed by atoms with Gasteiger partial charge in [-0.3, -0.25) is 9.69 Å². The zero-order chi connectivity index (χ0) is 15.5. The maximum Gasteiger partial charge on any atom is 0.237 e. The molecular weight excluding hydrogens is 360 g/mol. The molecule has 0 spiro atoms. The molecule has 1 aliphatic carbocycles. The summed E-state index contributed by atoms with van der Waals surface area (Å²) in [5, 5.41) is 2.16. The van der Waals surface area contributed by atoms with Crippen molar-refractivity contribution in [3.05, 3.63) is 20.8 Å². The van der Waals surface area contributed by atoms with Crippen molar-refractivity contribution < 1.29 is 4.79 Å². The molecule has 2 fully saturated rings. The van der Waals surface area contributed by atoms with Gasteiger partial charge in [0.05, 0.1) is 10.3 Å². The zero-order valence-corrected chi connectivity index (χ0v) is 15.7. The van der Waals surface area contributed by atoms with Crippen LogP contribution < -0.4 is 0 Å². The van der Waals surface area contributed by atoms with E-state index in [-0.39, 0.29) is 0 Å². The lowest BCUT2D eigenvalue weighted by Crippen LogP contribution is -2.52. The van der Waals surface area contributed by atoms with Gasteiger partial charge in [0.15, 0.2) is 0 Å². The maximum absolute atomic E-state index is 12.7. The van der Waals surface area contributed by atoms with Crippen LogP contribution in [0.2, 0.25) is 0 Å². The normalized spacial score (nSPS) is 25.3. The van der Waals surface area contributed by atoms with Crippen LogP contribution in [-0.2, 0) is 11.3 Å². The molecular formula is C17H25BrN2OS. The Morgan fingerprint density at radius 1 is 1.36 bits per heavy atom. The Balaban J connectivity index is 1.56. The Morgan fingerprint density at radius 3 is 2.91 bits per heavy atom. The number of likely N-dealkylation sites (N-methyl/N-ethyl adjacent to an activating group) is 1. The first-order valence-corrected chi connectivity index (χ1v) is 10.0. The van der Waals surface area contributed by atoms with E-state index in [1.165, 1.54) is 44.1 Å². The van der Waals surface area contributed by atoms with Crippen molar-refractivity contribution in [3.8, 4) is 0 Å². The highest BCUT2D eigenvalue weighted by Crippen LogP contribution is 2.35. The number of thiophene rings is 1. The first-order valence-electron chi connectivity index (χ1n) is 8.34. The molecule has 2 aliphatic rings. The van der Waals surface area contributed by atoms with Gasteiger partial charge in [0.2, 0.25) is 5.91 Å². The smallest absolute Gasteiger partial charge is 0.237 e. The van der Waals surface area contributed by atoms with Crippen molar-refractivity contribution in [2.75, 3.05) is 20.1 Å². The summed E-state index contributed by atoms with van der Waals surface area (Å²) in [5.74, 6) is 1.10. The minimum absolute atomic E-state index is 0.327. The number of hydrogen-bond acceptors (Lipinski definition) is 3. The molecule has 1 amide bonds. The molecule has 1 saturated heterocycles. The lowest BCUT2D eigenvalue weighted by molar-refractivity contribution is -0.138. The summed E-state index contributed by atoms with van der Waals surface area (Å²) in [4.78, 5) is 17.1. The van der Waals surface area contributed by atoms with Crippen LogP contribution in [0, 0.1) is 5.92 Å². The van der Waals surface area contributed by atoms with Crippen LogP contribution in [0.1, 0.15) is 44.1 Å². The van der Waals surface area contributed by atoms with Crippen LogP contribution in [0.15, 0.2) is 15.2 Å². The fourth-order valence-corrected chi connectivity index (χ4v) is 5.25. The predicted molar refractivity (Wildman–Crippen MR) is 95.0 cm³/mol. The first kappa shape index (κ1) is 16.5. The molecule has 0 N–H and O–H groups in total. The highest BCUT2D eigenvalue weighted by Gasteiger charge is 2.35. The van der Waals surface area contributed by atoms with E-state index in [2.05, 4.69) is 37.2 Å². The quantitative estimate of drug-likeness (QED) is 0.778. The number of carbonyl (C=O) groups is 1. The second-order valence-corrected chi connectivity index (χ2v) is 9.06. The van der Waals surface area contributed by atoms with E-state index >= 15 is 0 Å². The van der Waals surface area contributed by atoms with Gasteiger partial charge < -0.3 is 4.90 Å². The molecule has 2 unspecified atom stereocenters. The number of amides is 1. The highest BCUT2D eigenvalue weighted by molar-refractivity contribution is 9.11. The summed E-state index contributed by atoms with van der Waals surface area (Å²) in [6.45, 7) is 2.35. The number of hydrogen-bond donors (Lipinski definition) is 0. The summed E-state index contributed by atoms with van der Waals surface area (Å²) in [5.41, 5.74) is 1.28. The van der Waals surface area contributed by atoms with Crippen LogP contribution in [0.25, 0.3) is 0 Å². The van der Waals surface area contributed by atoms with E-state index in [0.29, 0.717) is 18.5 Å². The lowest BCUT2D eigenvalue weighted by atomic mass is 9.78. The SMILES string of the molecule is CN(CC(=O)N1CCCC2CCCCC21)Cc1csc(Br)c1. The molecule has 0 aromatic carbocycles. The van der Waals surface area contributed by atoms with E-state index < -0.39 is 0 Å². The zero-order valence-electron chi connectivity index (χ0n) is 13.3. The second-order valence-electron chi connectivity index (χ2n) is 6.77. The molecule has 1 aromatic heterocycles. The van der Waals surface area contributed by atoms with Gasteiger partial charge in [0, 0.05) is 19.1 Å². The fraction of sp³-hybridized carbons (Fsp3) is 0.706. The minimum Gasteiger partial charge on any atom is -0.338 e. The van der Waals surface area contributed by atoms with Crippen LogP contribution >= 0.6 is 27.3 Å². The van der Waals surface area contributed by atoms with Gasteiger partial charge >= 0.3 is 0 Å². The lowest BCUT2D eigenvalue weighted by Gasteiger charge is -2.44. The van der Waals surface area contributed by atoms with Crippen LogP contribution in [0.5, 0.6) is 0 Å². The molecule has 2 heterocycles. The average Bonchev–Trinajstić information content (AvgIpc) is 2.91. The van der Waals surface area contributed by atoms with E-state index in [4.69, 9.17) is 0 Å². The number of rotatable bonds is 4. The molecule has 0 bridgehead atoms. The molecule has 1 saturated carbocycles. The predicted octanol–water partition coefficient (Wildman–Crippen LogP) is 4.12. The van der Waals surface area contributed by atoms with E-state index in [0.717, 1.165) is 22.8 Å². The molecule has 122 valence electrons. The Bertz CT molecular complexity index is 517. The van der Waals surface area contributed by atoms with Gasteiger partial charge in [-0.2, -0.15) is 0 Å². The van der Waals surface area contributed by atoms with Crippen molar-refractivity contribution in [1.29, 1.82) is 0 Å². The first-order chi connectivity index (χ1) is 10.6. The summed E-state index contributed by atoms with van der Waals surface area (Å²) in [6.07, 6.45) is 7.71. The molecule has 1 aromatic rings. The second kappa shape index (κ2) is 7.45. The largest absolute Gasteiger partial charge is 0.338 e. The van der Waals surface area contributed by atoms with Crippen molar-refractivity contribution in [1.82, 2.24) is 9.80 Å². The standard InChI is InChI=1S/C17H25BrN2OS/c1-19(10-13-9-16(18)22-12-13)11-17(21)20-8-4-6-14-5-2-3-7-15(14)20/h9,12,14-15H,2-8,10-11H2,1H3. The van der Waals surface area contributed by atoms with Gasteiger partial charge in [-0.15, -0.1) is 11.3 Å². The van der Waals surface area contributed by atoms with Gasteiger partial charge in [-0.05, 0) is 71.6 Å². The van der Waals surface area contributed by atoms with Crippen molar-refractivity contribution in [3.63, 3.8) is 0 Å². The Labute approximate surface area is 145 Å². The van der Waals surface area contributed by atoms with E-state index in [1.807, 2.05) is 7.05 Å². The van der Waals surface area contributed by atoms with Gasteiger partial charge in [0.25, 0.3) is 0 Å². The van der Waals surface area contributed by atoms with Crippen LogP contribution in [0.3, 0.4) is 0 Å². The molecule has 0 radical (unpaired) electrons. The number of nitrogens with zero attached hydrogens (tertiary/aromatic N) is 2.